The molecule has 1 heterocycles. The molecule has 102 valence electrons. The van der Waals surface area contributed by atoms with Gasteiger partial charge in [-0.1, -0.05) is 12.1 Å². The van der Waals surface area contributed by atoms with Crippen LogP contribution in [0, 0.1) is 0 Å². The molecule has 1 aromatic carbocycles. The van der Waals surface area contributed by atoms with Gasteiger partial charge in [-0.05, 0) is 31.9 Å². The number of benzene rings is 1. The van der Waals surface area contributed by atoms with Gasteiger partial charge in [-0.25, -0.2) is 4.79 Å². The number of ether oxygens (including phenoxy) is 1. The predicted molar refractivity (Wildman–Crippen MR) is 68.8 cm³/mol. The van der Waals surface area contributed by atoms with Crippen molar-refractivity contribution in [1.82, 2.24) is 4.90 Å². The fraction of sp³-hybridized carbons (Fsp3) is 0.429. The van der Waals surface area contributed by atoms with Crippen LogP contribution in [0.4, 0.5) is 0 Å². The van der Waals surface area contributed by atoms with Crippen LogP contribution in [0.1, 0.15) is 30.1 Å². The Balaban J connectivity index is 2.19. The molecule has 19 heavy (non-hydrogen) atoms. The van der Waals surface area contributed by atoms with Crippen LogP contribution < -0.4 is 0 Å². The summed E-state index contributed by atoms with van der Waals surface area (Å²) in [7, 11) is 0. The van der Waals surface area contributed by atoms with E-state index in [0.29, 0.717) is 19.6 Å². The van der Waals surface area contributed by atoms with Gasteiger partial charge in [0.2, 0.25) is 0 Å². The third-order valence-corrected chi connectivity index (χ3v) is 3.21. The Labute approximate surface area is 111 Å². The number of hydrogen-bond donors (Lipinski definition) is 1. The summed E-state index contributed by atoms with van der Waals surface area (Å²) in [5.74, 6) is -0.764. The lowest BCUT2D eigenvalue weighted by Gasteiger charge is -2.23. The first-order valence-electron chi connectivity index (χ1n) is 6.40. The third kappa shape index (κ3) is 2.70. The Kier molecular flexibility index (Phi) is 4.04. The minimum absolute atomic E-state index is 0.0676. The van der Waals surface area contributed by atoms with Crippen molar-refractivity contribution in [3.63, 3.8) is 0 Å². The van der Waals surface area contributed by atoms with E-state index in [4.69, 9.17) is 4.74 Å². The first-order chi connectivity index (χ1) is 9.15. The smallest absolute Gasteiger partial charge is 0.328 e. The van der Waals surface area contributed by atoms with E-state index in [9.17, 15) is 14.7 Å². The number of para-hydroxylation sites is 1. The van der Waals surface area contributed by atoms with Crippen LogP contribution in [-0.2, 0) is 9.53 Å². The number of phenolic OH excluding ortho intramolecular Hbond substituents is 1. The quantitative estimate of drug-likeness (QED) is 0.840. The molecule has 1 aliphatic rings. The number of hydrogen-bond acceptors (Lipinski definition) is 4. The SMILES string of the molecule is CCOC(=O)C1CCCN1C(=O)c1ccccc1O. The van der Waals surface area contributed by atoms with E-state index in [-0.39, 0.29) is 23.2 Å². The Morgan fingerprint density at radius 2 is 2.16 bits per heavy atom. The Morgan fingerprint density at radius 3 is 2.84 bits per heavy atom. The van der Waals surface area contributed by atoms with Crippen molar-refractivity contribution in [3.8, 4) is 5.75 Å². The van der Waals surface area contributed by atoms with Gasteiger partial charge in [-0.3, -0.25) is 4.79 Å². The van der Waals surface area contributed by atoms with Crippen molar-refractivity contribution in [2.45, 2.75) is 25.8 Å². The van der Waals surface area contributed by atoms with Crippen LogP contribution >= 0.6 is 0 Å². The second-order valence-corrected chi connectivity index (χ2v) is 4.43. The highest BCUT2D eigenvalue weighted by Gasteiger charge is 2.36. The van der Waals surface area contributed by atoms with Crippen molar-refractivity contribution in [3.05, 3.63) is 29.8 Å². The summed E-state index contributed by atoms with van der Waals surface area (Å²) in [6.07, 6.45) is 1.38. The van der Waals surface area contributed by atoms with E-state index in [0.717, 1.165) is 6.42 Å². The van der Waals surface area contributed by atoms with Crippen molar-refractivity contribution in [2.75, 3.05) is 13.2 Å². The molecule has 0 saturated carbocycles. The Hall–Kier alpha value is -2.04. The summed E-state index contributed by atoms with van der Waals surface area (Å²) in [4.78, 5) is 25.6. The van der Waals surface area contributed by atoms with E-state index in [2.05, 4.69) is 0 Å². The first-order valence-corrected chi connectivity index (χ1v) is 6.40. The maximum absolute atomic E-state index is 12.3. The Morgan fingerprint density at radius 1 is 1.42 bits per heavy atom. The molecule has 1 saturated heterocycles. The topological polar surface area (TPSA) is 66.8 Å². The minimum Gasteiger partial charge on any atom is -0.507 e. The summed E-state index contributed by atoms with van der Waals surface area (Å²) in [5.41, 5.74) is 0.221. The minimum atomic E-state index is -0.535. The van der Waals surface area contributed by atoms with Gasteiger partial charge < -0.3 is 14.7 Å². The highest BCUT2D eigenvalue weighted by atomic mass is 16.5. The molecule has 0 bridgehead atoms. The zero-order valence-electron chi connectivity index (χ0n) is 10.8. The van der Waals surface area contributed by atoms with Gasteiger partial charge in [0.15, 0.2) is 0 Å². The van der Waals surface area contributed by atoms with Crippen LogP contribution in [0.25, 0.3) is 0 Å². The molecule has 5 heteroatoms. The molecule has 1 unspecified atom stereocenters. The average Bonchev–Trinajstić information content (AvgIpc) is 2.88. The van der Waals surface area contributed by atoms with Gasteiger partial charge >= 0.3 is 5.97 Å². The van der Waals surface area contributed by atoms with Crippen LogP contribution in [0.15, 0.2) is 24.3 Å². The highest BCUT2D eigenvalue weighted by Crippen LogP contribution is 2.24. The molecule has 0 radical (unpaired) electrons. The number of rotatable bonds is 3. The second-order valence-electron chi connectivity index (χ2n) is 4.43. The number of nitrogens with zero attached hydrogens (tertiary/aromatic N) is 1. The lowest BCUT2D eigenvalue weighted by atomic mass is 10.1. The summed E-state index contributed by atoms with van der Waals surface area (Å²) in [6.45, 7) is 2.55. The molecule has 2 rings (SSSR count). The first kappa shape index (κ1) is 13.4. The maximum Gasteiger partial charge on any atom is 0.328 e. The van der Waals surface area contributed by atoms with Crippen LogP contribution in [-0.4, -0.2) is 41.1 Å². The fourth-order valence-corrected chi connectivity index (χ4v) is 2.30. The molecular weight excluding hydrogens is 246 g/mol. The van der Waals surface area contributed by atoms with E-state index in [1.54, 1.807) is 25.1 Å². The monoisotopic (exact) mass is 263 g/mol. The number of aromatic hydroxyl groups is 1. The number of amides is 1. The van der Waals surface area contributed by atoms with Crippen LogP contribution in [0.5, 0.6) is 5.75 Å². The highest BCUT2D eigenvalue weighted by molar-refractivity contribution is 5.99. The molecule has 1 aromatic rings. The standard InChI is InChI=1S/C14H17NO4/c1-2-19-14(18)11-7-5-9-15(11)13(17)10-6-3-4-8-12(10)16/h3-4,6,8,11,16H,2,5,7,9H2,1H3. The van der Waals surface area contributed by atoms with Crippen molar-refractivity contribution < 1.29 is 19.4 Å². The number of likely N-dealkylation sites (tertiary alicyclic amines) is 1. The number of carbonyl (C=O) groups is 2. The molecule has 5 nitrogen and oxygen atoms in total. The van der Waals surface area contributed by atoms with E-state index >= 15 is 0 Å². The predicted octanol–water partition coefficient (Wildman–Crippen LogP) is 1.56. The van der Waals surface area contributed by atoms with Gasteiger partial charge in [0.1, 0.15) is 11.8 Å². The van der Waals surface area contributed by atoms with Crippen molar-refractivity contribution >= 4 is 11.9 Å². The molecule has 1 N–H and O–H groups in total. The molecule has 1 amide bonds. The van der Waals surface area contributed by atoms with E-state index in [1.807, 2.05) is 0 Å². The van der Waals surface area contributed by atoms with Gasteiger partial charge in [0.25, 0.3) is 5.91 Å². The summed E-state index contributed by atoms with van der Waals surface area (Å²) in [5, 5.41) is 9.71. The third-order valence-electron chi connectivity index (χ3n) is 3.21. The Bertz CT molecular complexity index is 486. The average molecular weight is 263 g/mol. The fourth-order valence-electron chi connectivity index (χ4n) is 2.30. The zero-order chi connectivity index (χ0) is 13.8. The summed E-state index contributed by atoms with van der Waals surface area (Å²) >= 11 is 0. The van der Waals surface area contributed by atoms with Crippen molar-refractivity contribution in [2.24, 2.45) is 0 Å². The van der Waals surface area contributed by atoms with Gasteiger partial charge in [0.05, 0.1) is 12.2 Å². The van der Waals surface area contributed by atoms with Crippen LogP contribution in [0.2, 0.25) is 0 Å². The van der Waals surface area contributed by atoms with E-state index in [1.165, 1.54) is 11.0 Å². The lowest BCUT2D eigenvalue weighted by Crippen LogP contribution is -2.41. The van der Waals surface area contributed by atoms with Gasteiger partial charge in [-0.2, -0.15) is 0 Å². The molecular formula is C14H17NO4. The summed E-state index contributed by atoms with van der Waals surface area (Å²) < 4.78 is 4.98. The molecule has 1 atom stereocenters. The molecule has 0 aromatic heterocycles. The zero-order valence-corrected chi connectivity index (χ0v) is 10.8. The van der Waals surface area contributed by atoms with Gasteiger partial charge in [-0.15, -0.1) is 0 Å². The van der Waals surface area contributed by atoms with Gasteiger partial charge in [0, 0.05) is 6.54 Å². The second kappa shape index (κ2) is 5.73. The number of carbonyl (C=O) groups excluding carboxylic acids is 2. The normalized spacial score (nSPS) is 18.4. The number of phenols is 1. The van der Waals surface area contributed by atoms with Crippen molar-refractivity contribution in [1.29, 1.82) is 0 Å². The van der Waals surface area contributed by atoms with E-state index < -0.39 is 6.04 Å². The molecule has 1 fully saturated rings. The molecule has 0 aliphatic carbocycles. The maximum atomic E-state index is 12.3. The molecule has 1 aliphatic heterocycles. The number of esters is 1. The van der Waals surface area contributed by atoms with Crippen LogP contribution in [0.3, 0.4) is 0 Å². The lowest BCUT2D eigenvalue weighted by molar-refractivity contribution is -0.147. The molecule has 0 spiro atoms. The largest absolute Gasteiger partial charge is 0.507 e. The summed E-state index contributed by atoms with van der Waals surface area (Å²) in [6, 6.07) is 5.81.